The monoisotopic (exact) mass is 178 g/mol. The lowest BCUT2D eigenvalue weighted by Gasteiger charge is -1.97. The summed E-state index contributed by atoms with van der Waals surface area (Å²) >= 11 is 0. The molecule has 5 heteroatoms. The predicted molar refractivity (Wildman–Crippen MR) is 41.7 cm³/mol. The summed E-state index contributed by atoms with van der Waals surface area (Å²) in [6.07, 6.45) is 3.08. The van der Waals surface area contributed by atoms with Gasteiger partial charge in [-0.3, -0.25) is 4.18 Å². The van der Waals surface area contributed by atoms with Gasteiger partial charge in [-0.2, -0.15) is 8.42 Å². The zero-order valence-electron chi connectivity index (χ0n) is 5.93. The first-order valence-electron chi connectivity index (χ1n) is 2.89. The van der Waals surface area contributed by atoms with Gasteiger partial charge in [0.1, 0.15) is 0 Å². The molecule has 0 unspecified atom stereocenters. The fourth-order valence-electron chi connectivity index (χ4n) is 0.361. The Hall–Kier alpha value is -0.810. The number of aliphatic hydroxyl groups excluding tert-OH is 1. The Bertz CT molecular complexity index is 227. The van der Waals surface area contributed by atoms with Gasteiger partial charge in [0.25, 0.3) is 10.1 Å². The summed E-state index contributed by atoms with van der Waals surface area (Å²) in [5.74, 6) is -0.322. The minimum absolute atomic E-state index is 0.0401. The second kappa shape index (κ2) is 4.92. The van der Waals surface area contributed by atoms with Crippen LogP contribution < -0.4 is 0 Å². The van der Waals surface area contributed by atoms with Crippen molar-refractivity contribution in [3.63, 3.8) is 0 Å². The van der Waals surface area contributed by atoms with Crippen molar-refractivity contribution in [3.8, 4) is 0 Å². The number of hydrogen-bond acceptors (Lipinski definition) is 4. The average molecular weight is 178 g/mol. The molecule has 0 aliphatic carbocycles. The van der Waals surface area contributed by atoms with E-state index in [0.717, 1.165) is 6.08 Å². The zero-order chi connectivity index (χ0) is 8.74. The van der Waals surface area contributed by atoms with Gasteiger partial charge in [-0.25, -0.2) is 0 Å². The summed E-state index contributed by atoms with van der Waals surface area (Å²) in [6, 6.07) is 0. The lowest BCUT2D eigenvalue weighted by Crippen LogP contribution is -2.08. The van der Waals surface area contributed by atoms with Gasteiger partial charge < -0.3 is 5.11 Å². The molecule has 0 fully saturated rings. The molecule has 0 amide bonds. The Morgan fingerprint density at radius 2 is 2.18 bits per heavy atom. The second-order valence-electron chi connectivity index (χ2n) is 1.68. The van der Waals surface area contributed by atoms with Crippen LogP contribution in [0.4, 0.5) is 0 Å². The highest BCUT2D eigenvalue weighted by atomic mass is 32.2. The molecule has 0 aromatic heterocycles. The Kier molecular flexibility index (Phi) is 4.56. The molecule has 0 radical (unpaired) electrons. The number of rotatable bonds is 5. The van der Waals surface area contributed by atoms with Crippen LogP contribution in [0.1, 0.15) is 0 Å². The van der Waals surface area contributed by atoms with Crippen LogP contribution in [-0.4, -0.2) is 25.9 Å². The Balaban J connectivity index is 3.91. The van der Waals surface area contributed by atoms with Crippen LogP contribution in [0.5, 0.6) is 0 Å². The zero-order valence-corrected chi connectivity index (χ0v) is 6.75. The number of hydrogen-bond donors (Lipinski definition) is 1. The lowest BCUT2D eigenvalue weighted by atomic mass is 10.7. The first-order chi connectivity index (χ1) is 5.12. The van der Waals surface area contributed by atoms with E-state index in [1.807, 2.05) is 0 Å². The lowest BCUT2D eigenvalue weighted by molar-refractivity contribution is 0.359. The highest BCUT2D eigenvalue weighted by molar-refractivity contribution is 7.86. The maximum Gasteiger partial charge on any atom is 0.271 e. The van der Waals surface area contributed by atoms with Crippen LogP contribution in [0.2, 0.25) is 0 Å². The topological polar surface area (TPSA) is 63.6 Å². The van der Waals surface area contributed by atoms with E-state index in [2.05, 4.69) is 10.8 Å². The van der Waals surface area contributed by atoms with Gasteiger partial charge >= 0.3 is 0 Å². The molecule has 0 heterocycles. The predicted octanol–water partition coefficient (Wildman–Crippen LogP) is 0.591. The molecule has 1 N–H and O–H groups in total. The largest absolute Gasteiger partial charge is 0.516 e. The smallest absolute Gasteiger partial charge is 0.271 e. The van der Waals surface area contributed by atoms with Crippen LogP contribution in [0.3, 0.4) is 0 Å². The second-order valence-corrected chi connectivity index (χ2v) is 3.37. The molecule has 64 valence electrons. The first kappa shape index (κ1) is 10.2. The van der Waals surface area contributed by atoms with Gasteiger partial charge in [0.15, 0.2) is 0 Å². The van der Waals surface area contributed by atoms with Crippen LogP contribution in [0.25, 0.3) is 0 Å². The maximum absolute atomic E-state index is 10.7. The molecule has 0 saturated carbocycles. The van der Waals surface area contributed by atoms with Crippen molar-refractivity contribution in [2.75, 3.05) is 12.4 Å². The molecule has 0 aliphatic heterocycles. The Morgan fingerprint density at radius 1 is 1.55 bits per heavy atom. The summed E-state index contributed by atoms with van der Waals surface area (Å²) in [5, 5.41) is 8.13. The Morgan fingerprint density at radius 3 is 2.64 bits per heavy atom. The summed E-state index contributed by atoms with van der Waals surface area (Å²) < 4.78 is 25.8. The van der Waals surface area contributed by atoms with E-state index >= 15 is 0 Å². The molecule has 0 spiro atoms. The van der Waals surface area contributed by atoms with Crippen LogP contribution >= 0.6 is 0 Å². The van der Waals surface area contributed by atoms with Crippen LogP contribution in [0.15, 0.2) is 25.0 Å². The summed E-state index contributed by atoms with van der Waals surface area (Å²) in [7, 11) is -3.52. The van der Waals surface area contributed by atoms with E-state index < -0.39 is 10.1 Å². The quantitative estimate of drug-likeness (QED) is 0.380. The average Bonchev–Trinajstić information content (AvgIpc) is 1.97. The third-order valence-electron chi connectivity index (χ3n) is 0.771. The minimum atomic E-state index is -3.52. The van der Waals surface area contributed by atoms with Gasteiger partial charge in [-0.1, -0.05) is 6.08 Å². The molecule has 0 saturated heterocycles. The van der Waals surface area contributed by atoms with E-state index in [1.54, 1.807) is 0 Å². The molecule has 0 aliphatic rings. The number of aliphatic hydroxyl groups is 1. The maximum atomic E-state index is 10.7. The van der Waals surface area contributed by atoms with Crippen molar-refractivity contribution in [3.05, 3.63) is 25.0 Å². The van der Waals surface area contributed by atoms with Crippen molar-refractivity contribution < 1.29 is 17.7 Å². The molecular weight excluding hydrogens is 168 g/mol. The van der Waals surface area contributed by atoms with E-state index in [0.29, 0.717) is 6.26 Å². The van der Waals surface area contributed by atoms with Crippen LogP contribution in [0, 0.1) is 0 Å². The van der Waals surface area contributed by atoms with E-state index in [9.17, 15) is 8.42 Å². The highest BCUT2D eigenvalue weighted by Crippen LogP contribution is 1.93. The van der Waals surface area contributed by atoms with Crippen molar-refractivity contribution in [2.24, 2.45) is 0 Å². The molecule has 0 bridgehead atoms. The van der Waals surface area contributed by atoms with Crippen molar-refractivity contribution in [1.29, 1.82) is 0 Å². The molecule has 0 atom stereocenters. The molecule has 0 rings (SSSR count). The van der Waals surface area contributed by atoms with Crippen LogP contribution in [-0.2, 0) is 14.3 Å². The first-order valence-corrected chi connectivity index (χ1v) is 4.47. The van der Waals surface area contributed by atoms with Crippen molar-refractivity contribution in [1.82, 2.24) is 0 Å². The standard InChI is InChI=1S/C6H10O4S/c1-2-5-10-11(8,9)6-3-4-7/h2-4,7H,1,5-6H2. The van der Waals surface area contributed by atoms with E-state index in [-0.39, 0.29) is 12.4 Å². The summed E-state index contributed by atoms with van der Waals surface area (Å²) in [6.45, 7) is 3.25. The summed E-state index contributed by atoms with van der Waals surface area (Å²) in [4.78, 5) is 0. The SMILES string of the molecule is C=CCOS(=O)(=O)CC=CO. The normalized spacial score (nSPS) is 12.0. The van der Waals surface area contributed by atoms with Gasteiger partial charge in [-0.05, 0) is 6.08 Å². The molecular formula is C6H10O4S. The molecule has 11 heavy (non-hydrogen) atoms. The molecule has 4 nitrogen and oxygen atoms in total. The molecule has 0 aromatic carbocycles. The van der Waals surface area contributed by atoms with Gasteiger partial charge in [0.05, 0.1) is 18.6 Å². The van der Waals surface area contributed by atoms with E-state index in [4.69, 9.17) is 5.11 Å². The third kappa shape index (κ3) is 5.63. The fourth-order valence-corrected chi connectivity index (χ4v) is 1.08. The molecule has 0 aromatic rings. The van der Waals surface area contributed by atoms with Crippen molar-refractivity contribution in [2.45, 2.75) is 0 Å². The summed E-state index contributed by atoms with van der Waals surface area (Å²) in [5.41, 5.74) is 0. The van der Waals surface area contributed by atoms with Crippen molar-refractivity contribution >= 4 is 10.1 Å². The van der Waals surface area contributed by atoms with Gasteiger partial charge in [-0.15, -0.1) is 6.58 Å². The minimum Gasteiger partial charge on any atom is -0.516 e. The fraction of sp³-hybridized carbons (Fsp3) is 0.333. The third-order valence-corrected chi connectivity index (χ3v) is 1.87. The Labute approximate surface area is 65.9 Å². The van der Waals surface area contributed by atoms with Gasteiger partial charge in [0.2, 0.25) is 0 Å². The van der Waals surface area contributed by atoms with Gasteiger partial charge in [0, 0.05) is 0 Å². The highest BCUT2D eigenvalue weighted by Gasteiger charge is 2.06. The van der Waals surface area contributed by atoms with E-state index in [1.165, 1.54) is 6.08 Å².